The lowest BCUT2D eigenvalue weighted by atomic mass is 10.2. The maximum atomic E-state index is 13.7. The molecule has 0 bridgehead atoms. The quantitative estimate of drug-likeness (QED) is 0.356. The van der Waals surface area contributed by atoms with Crippen LogP contribution in [0.3, 0.4) is 0 Å². The molecule has 0 saturated carbocycles. The second-order valence-corrected chi connectivity index (χ2v) is 10.9. The Bertz CT molecular complexity index is 1450. The van der Waals surface area contributed by atoms with Crippen LogP contribution in [0.5, 0.6) is 0 Å². The summed E-state index contributed by atoms with van der Waals surface area (Å²) < 4.78 is 1.99. The highest BCUT2D eigenvalue weighted by atomic mass is 35.5. The number of rotatable bonds is 5. The second-order valence-electron chi connectivity index (χ2n) is 8.82. The summed E-state index contributed by atoms with van der Waals surface area (Å²) in [5, 5.41) is 0.580. The van der Waals surface area contributed by atoms with E-state index in [1.165, 1.54) is 16.7 Å². The lowest BCUT2D eigenvalue weighted by Gasteiger charge is -2.35. The third-order valence-electron chi connectivity index (χ3n) is 6.62. The van der Waals surface area contributed by atoms with Crippen LogP contribution in [-0.4, -0.2) is 62.1 Å². The number of likely N-dealkylation sites (N-methyl/N-ethyl adjacent to an activating group) is 1. The van der Waals surface area contributed by atoms with Crippen LogP contribution in [0.15, 0.2) is 52.3 Å². The molecule has 10 heteroatoms. The number of amides is 1. The molecule has 3 aromatic rings. The number of halogens is 1. The number of benzene rings is 1. The van der Waals surface area contributed by atoms with Gasteiger partial charge in [-0.2, -0.15) is 0 Å². The molecule has 5 rings (SSSR count). The molecule has 0 aliphatic carbocycles. The number of thioether (sulfide) groups is 1. The van der Waals surface area contributed by atoms with E-state index in [0.29, 0.717) is 31.3 Å². The molecule has 186 valence electrons. The summed E-state index contributed by atoms with van der Waals surface area (Å²) in [6.45, 7) is 8.67. The first-order valence-electron chi connectivity index (χ1n) is 11.9. The van der Waals surface area contributed by atoms with Gasteiger partial charge in [0.25, 0.3) is 11.5 Å². The Hall–Kier alpha value is -2.72. The van der Waals surface area contributed by atoms with Crippen LogP contribution in [0, 0.1) is 6.92 Å². The Morgan fingerprint density at radius 1 is 1.11 bits per heavy atom. The van der Waals surface area contributed by atoms with Crippen LogP contribution in [-0.2, 0) is 11.3 Å². The summed E-state index contributed by atoms with van der Waals surface area (Å²) in [4.78, 5) is 38.5. The zero-order valence-electron chi connectivity index (χ0n) is 20.1. The average molecular weight is 540 g/mol. The van der Waals surface area contributed by atoms with Crippen molar-refractivity contribution in [1.82, 2.24) is 19.2 Å². The van der Waals surface area contributed by atoms with Crippen LogP contribution in [0.2, 0.25) is 5.02 Å². The summed E-state index contributed by atoms with van der Waals surface area (Å²) in [5.41, 5.74) is 2.56. The van der Waals surface area contributed by atoms with Crippen LogP contribution in [0.25, 0.3) is 11.7 Å². The molecule has 0 atom stereocenters. The number of aryl methyl sites for hydroxylation is 1. The van der Waals surface area contributed by atoms with Crippen LogP contribution in [0.4, 0.5) is 5.82 Å². The van der Waals surface area contributed by atoms with E-state index in [0.717, 1.165) is 43.9 Å². The number of anilines is 1. The molecule has 7 nitrogen and oxygen atoms in total. The van der Waals surface area contributed by atoms with Gasteiger partial charge in [0.15, 0.2) is 0 Å². The Labute approximate surface area is 224 Å². The molecule has 1 amide bonds. The number of pyridine rings is 1. The van der Waals surface area contributed by atoms with Crippen molar-refractivity contribution in [3.8, 4) is 0 Å². The first-order chi connectivity index (χ1) is 17.4. The maximum absolute atomic E-state index is 13.7. The molecule has 2 aromatic heterocycles. The van der Waals surface area contributed by atoms with Crippen LogP contribution >= 0.6 is 35.6 Å². The van der Waals surface area contributed by atoms with Crippen molar-refractivity contribution in [2.45, 2.75) is 20.4 Å². The molecular formula is C26H26ClN5O2S2. The standard InChI is InChI=1S/C26H26ClN5O2S2/c1-3-29-11-13-30(14-12-29)23-19(24(33)31-10-6-7-17(2)22(31)28-23)15-21-25(34)32(26(35)36-21)16-18-8-4-5-9-20(18)27/h4-10,15H,3,11-14,16H2,1-2H3/b21-15+. The fourth-order valence-electron chi connectivity index (χ4n) is 4.51. The minimum absolute atomic E-state index is 0.201. The first kappa shape index (κ1) is 25.0. The molecule has 2 fully saturated rings. The third kappa shape index (κ3) is 4.68. The Balaban J connectivity index is 1.56. The molecule has 36 heavy (non-hydrogen) atoms. The zero-order chi connectivity index (χ0) is 25.4. The van der Waals surface area contributed by atoms with Crippen molar-refractivity contribution >= 4 is 63.3 Å². The fraction of sp³-hybridized carbons (Fsp3) is 0.308. The Morgan fingerprint density at radius 3 is 2.58 bits per heavy atom. The molecular weight excluding hydrogens is 514 g/mol. The minimum atomic E-state index is -0.236. The summed E-state index contributed by atoms with van der Waals surface area (Å²) in [5.74, 6) is 0.377. The van der Waals surface area contributed by atoms with Crippen molar-refractivity contribution in [2.75, 3.05) is 37.6 Å². The van der Waals surface area contributed by atoms with Gasteiger partial charge < -0.3 is 9.80 Å². The summed E-state index contributed by atoms with van der Waals surface area (Å²) in [6.07, 6.45) is 3.38. The van der Waals surface area contributed by atoms with Crippen molar-refractivity contribution in [3.63, 3.8) is 0 Å². The van der Waals surface area contributed by atoms with Crippen molar-refractivity contribution in [3.05, 3.63) is 79.6 Å². The molecule has 2 saturated heterocycles. The molecule has 0 unspecified atom stereocenters. The molecule has 2 aliphatic rings. The summed E-state index contributed by atoms with van der Waals surface area (Å²) in [6, 6.07) is 11.2. The highest BCUT2D eigenvalue weighted by molar-refractivity contribution is 8.26. The van der Waals surface area contributed by atoms with Gasteiger partial charge in [-0.15, -0.1) is 0 Å². The molecule has 4 heterocycles. The van der Waals surface area contributed by atoms with E-state index in [4.69, 9.17) is 28.8 Å². The van der Waals surface area contributed by atoms with Crippen molar-refractivity contribution in [1.29, 1.82) is 0 Å². The van der Waals surface area contributed by atoms with Crippen molar-refractivity contribution < 1.29 is 4.79 Å². The number of carbonyl (C=O) groups excluding carboxylic acids is 1. The van der Waals surface area contributed by atoms with Gasteiger partial charge in [0.2, 0.25) is 0 Å². The van der Waals surface area contributed by atoms with Gasteiger partial charge in [-0.05, 0) is 42.8 Å². The first-order valence-corrected chi connectivity index (χ1v) is 13.5. The number of thiocarbonyl (C=S) groups is 1. The number of nitrogens with zero attached hydrogens (tertiary/aromatic N) is 5. The predicted octanol–water partition coefficient (Wildman–Crippen LogP) is 4.20. The van der Waals surface area contributed by atoms with Crippen LogP contribution < -0.4 is 10.5 Å². The van der Waals surface area contributed by atoms with E-state index in [1.807, 2.05) is 37.3 Å². The zero-order valence-corrected chi connectivity index (χ0v) is 22.5. The SMILES string of the molecule is CCN1CCN(c2nc3c(C)cccn3c(=O)c2/C=C2/SC(=S)N(Cc3ccccc3Cl)C2=O)CC1. The number of hydrogen-bond donors (Lipinski definition) is 0. The Morgan fingerprint density at radius 2 is 1.86 bits per heavy atom. The monoisotopic (exact) mass is 539 g/mol. The number of fused-ring (bicyclic) bond motifs is 1. The molecule has 2 aliphatic heterocycles. The minimum Gasteiger partial charge on any atom is -0.353 e. The largest absolute Gasteiger partial charge is 0.353 e. The van der Waals surface area contributed by atoms with Crippen molar-refractivity contribution in [2.24, 2.45) is 0 Å². The third-order valence-corrected chi connectivity index (χ3v) is 8.37. The highest BCUT2D eigenvalue weighted by Crippen LogP contribution is 2.35. The normalized spacial score (nSPS) is 18.1. The lowest BCUT2D eigenvalue weighted by Crippen LogP contribution is -2.47. The topological polar surface area (TPSA) is 61.2 Å². The van der Waals surface area contributed by atoms with Gasteiger partial charge in [0.05, 0.1) is 17.0 Å². The highest BCUT2D eigenvalue weighted by Gasteiger charge is 2.33. The summed E-state index contributed by atoms with van der Waals surface area (Å²) >= 11 is 13.1. The predicted molar refractivity (Wildman–Crippen MR) is 151 cm³/mol. The van der Waals surface area contributed by atoms with Gasteiger partial charge in [-0.25, -0.2) is 4.98 Å². The summed E-state index contributed by atoms with van der Waals surface area (Å²) in [7, 11) is 0. The van der Waals surface area contributed by atoms with Gasteiger partial charge in [0.1, 0.15) is 15.8 Å². The van der Waals surface area contributed by atoms with E-state index in [-0.39, 0.29) is 18.0 Å². The van der Waals surface area contributed by atoms with E-state index >= 15 is 0 Å². The average Bonchev–Trinajstić information content (AvgIpc) is 3.14. The van der Waals surface area contributed by atoms with E-state index in [9.17, 15) is 9.59 Å². The fourth-order valence-corrected chi connectivity index (χ4v) is 5.94. The van der Waals surface area contributed by atoms with Gasteiger partial charge >= 0.3 is 0 Å². The maximum Gasteiger partial charge on any atom is 0.267 e. The van der Waals surface area contributed by atoms with E-state index < -0.39 is 0 Å². The number of aromatic nitrogens is 2. The Kier molecular flexibility index (Phi) is 7.16. The molecule has 1 aromatic carbocycles. The van der Waals surface area contributed by atoms with Crippen LogP contribution in [0.1, 0.15) is 23.6 Å². The lowest BCUT2D eigenvalue weighted by molar-refractivity contribution is -0.122. The van der Waals surface area contributed by atoms with Gasteiger partial charge in [-0.3, -0.25) is 18.9 Å². The van der Waals surface area contributed by atoms with Gasteiger partial charge in [0, 0.05) is 37.4 Å². The number of carbonyl (C=O) groups is 1. The second kappa shape index (κ2) is 10.3. The number of hydrogen-bond acceptors (Lipinski definition) is 7. The van der Waals surface area contributed by atoms with Gasteiger partial charge in [-0.1, -0.05) is 66.8 Å². The molecule has 0 spiro atoms. The smallest absolute Gasteiger partial charge is 0.267 e. The number of piperazine rings is 1. The van der Waals surface area contributed by atoms with E-state index in [2.05, 4.69) is 16.7 Å². The molecule has 0 radical (unpaired) electrons. The van der Waals surface area contributed by atoms with E-state index in [1.54, 1.807) is 22.7 Å². The molecule has 0 N–H and O–H groups in total.